The molecule has 3 amide bonds. The van der Waals surface area contributed by atoms with Gasteiger partial charge in [0.05, 0.1) is 18.1 Å². The van der Waals surface area contributed by atoms with E-state index < -0.39 is 0 Å². The van der Waals surface area contributed by atoms with E-state index in [2.05, 4.69) is 33.1 Å². The molecule has 154 valence electrons. The van der Waals surface area contributed by atoms with Crippen molar-refractivity contribution in [1.29, 1.82) is 0 Å². The van der Waals surface area contributed by atoms with Crippen molar-refractivity contribution in [3.05, 3.63) is 36.3 Å². The Labute approximate surface area is 168 Å². The van der Waals surface area contributed by atoms with Gasteiger partial charge in [0, 0.05) is 33.2 Å². The minimum Gasteiger partial charge on any atom is -0.459 e. The summed E-state index contributed by atoms with van der Waals surface area (Å²) >= 11 is 0. The summed E-state index contributed by atoms with van der Waals surface area (Å²) in [5, 5.41) is 8.91. The molecule has 0 aromatic carbocycles. The molecule has 29 heavy (non-hydrogen) atoms. The number of nitrogens with zero attached hydrogens (tertiary/aromatic N) is 2. The van der Waals surface area contributed by atoms with E-state index in [4.69, 9.17) is 4.42 Å². The van der Waals surface area contributed by atoms with Gasteiger partial charge >= 0.3 is 0 Å². The molecule has 0 radical (unpaired) electrons. The van der Waals surface area contributed by atoms with Crippen LogP contribution in [0.25, 0.3) is 0 Å². The summed E-state index contributed by atoms with van der Waals surface area (Å²) in [4.78, 5) is 42.6. The average molecular weight is 399 g/mol. The summed E-state index contributed by atoms with van der Waals surface area (Å²) in [6, 6.07) is 3.25. The van der Waals surface area contributed by atoms with Crippen molar-refractivity contribution >= 4 is 23.7 Å². The number of carbonyl (C=O) groups is 3. The number of nitrogens with one attached hydrogen (secondary N) is 3. The Morgan fingerprint density at radius 3 is 2.38 bits per heavy atom. The van der Waals surface area contributed by atoms with E-state index in [-0.39, 0.29) is 47.2 Å². The van der Waals surface area contributed by atoms with E-state index in [1.807, 2.05) is 0 Å². The fourth-order valence-corrected chi connectivity index (χ4v) is 4.54. The second-order valence-electron chi connectivity index (χ2n) is 7.49. The zero-order chi connectivity index (χ0) is 20.4. The maximum absolute atomic E-state index is 12.7. The number of fused-ring (bicyclic) bond motifs is 5. The van der Waals surface area contributed by atoms with Crippen molar-refractivity contribution in [2.45, 2.75) is 6.42 Å². The lowest BCUT2D eigenvalue weighted by Gasteiger charge is -2.18. The molecule has 9 nitrogen and oxygen atoms in total. The van der Waals surface area contributed by atoms with Gasteiger partial charge in [0.25, 0.3) is 5.91 Å². The summed E-state index contributed by atoms with van der Waals surface area (Å²) in [5.74, 6) is 0.583. The van der Waals surface area contributed by atoms with Crippen LogP contribution in [0.15, 0.2) is 40.0 Å². The molecule has 1 aromatic heterocycles. The van der Waals surface area contributed by atoms with E-state index in [0.29, 0.717) is 32.1 Å². The van der Waals surface area contributed by atoms with Crippen LogP contribution in [-0.4, -0.2) is 61.8 Å². The van der Waals surface area contributed by atoms with Gasteiger partial charge in [-0.1, -0.05) is 12.2 Å². The minimum atomic E-state index is -0.278. The Hall–Kier alpha value is -3.10. The number of hydrogen-bond donors (Lipinski definition) is 3. The smallest absolute Gasteiger partial charge is 0.287 e. The molecule has 4 rings (SSSR count). The number of amides is 3. The van der Waals surface area contributed by atoms with E-state index in [1.165, 1.54) is 11.2 Å². The summed E-state index contributed by atoms with van der Waals surface area (Å²) < 4.78 is 5.03. The molecular weight excluding hydrogens is 374 g/mol. The molecule has 2 aliphatic carbocycles. The molecule has 2 heterocycles. The van der Waals surface area contributed by atoms with Crippen LogP contribution in [0.3, 0.4) is 0 Å². The number of allylic oxidation sites excluding steroid dienone is 2. The van der Waals surface area contributed by atoms with Crippen molar-refractivity contribution in [2.24, 2.45) is 28.7 Å². The monoisotopic (exact) mass is 399 g/mol. The van der Waals surface area contributed by atoms with Crippen molar-refractivity contribution in [2.75, 3.05) is 33.2 Å². The number of likely N-dealkylation sites (tertiary alicyclic amines) is 1. The third-order valence-corrected chi connectivity index (χ3v) is 5.86. The second-order valence-corrected chi connectivity index (χ2v) is 7.49. The lowest BCUT2D eigenvalue weighted by Crippen LogP contribution is -2.45. The molecule has 3 N–H and O–H groups in total. The first-order valence-corrected chi connectivity index (χ1v) is 9.90. The minimum absolute atomic E-state index is 0.0396. The zero-order valence-electron chi connectivity index (χ0n) is 16.3. The number of imide groups is 1. The van der Waals surface area contributed by atoms with Crippen LogP contribution in [0.2, 0.25) is 0 Å². The number of rotatable bonds is 7. The zero-order valence-corrected chi connectivity index (χ0v) is 16.3. The predicted molar refractivity (Wildman–Crippen MR) is 105 cm³/mol. The van der Waals surface area contributed by atoms with E-state index >= 15 is 0 Å². The van der Waals surface area contributed by atoms with Gasteiger partial charge in [0.15, 0.2) is 11.7 Å². The SMILES string of the molecule is CN=C(NCCNC(=O)c1ccco1)NCCN1C(=O)C2C3C=CC(C3)C2C1=O. The Morgan fingerprint density at radius 1 is 1.10 bits per heavy atom. The number of guanidine groups is 1. The van der Waals surface area contributed by atoms with E-state index in [9.17, 15) is 14.4 Å². The molecule has 2 bridgehead atoms. The van der Waals surface area contributed by atoms with Crippen LogP contribution < -0.4 is 16.0 Å². The molecule has 3 aliphatic rings. The summed E-state index contributed by atoms with van der Waals surface area (Å²) in [5.41, 5.74) is 0. The van der Waals surface area contributed by atoms with Crippen molar-refractivity contribution < 1.29 is 18.8 Å². The summed E-state index contributed by atoms with van der Waals surface area (Å²) in [6.07, 6.45) is 6.57. The molecule has 1 saturated carbocycles. The van der Waals surface area contributed by atoms with Crippen LogP contribution >= 0.6 is 0 Å². The molecule has 1 saturated heterocycles. The molecular formula is C20H25N5O4. The lowest BCUT2D eigenvalue weighted by molar-refractivity contribution is -0.140. The molecule has 1 aromatic rings. The van der Waals surface area contributed by atoms with E-state index in [0.717, 1.165) is 6.42 Å². The molecule has 2 fully saturated rings. The Bertz CT molecular complexity index is 817. The first kappa shape index (κ1) is 19.2. The highest BCUT2D eigenvalue weighted by Gasteiger charge is 2.58. The molecule has 1 aliphatic heterocycles. The Balaban J connectivity index is 1.17. The van der Waals surface area contributed by atoms with Crippen LogP contribution in [-0.2, 0) is 9.59 Å². The highest BCUT2D eigenvalue weighted by atomic mass is 16.3. The number of hydrogen-bond acceptors (Lipinski definition) is 5. The maximum Gasteiger partial charge on any atom is 0.287 e. The molecule has 9 heteroatoms. The first-order chi connectivity index (χ1) is 14.1. The van der Waals surface area contributed by atoms with E-state index in [1.54, 1.807) is 19.2 Å². The third-order valence-electron chi connectivity index (χ3n) is 5.86. The predicted octanol–water partition coefficient (Wildman–Crippen LogP) is -0.0185. The van der Waals surface area contributed by atoms with Gasteiger partial charge in [-0.05, 0) is 30.4 Å². The topological polar surface area (TPSA) is 116 Å². The Morgan fingerprint density at radius 2 is 1.76 bits per heavy atom. The van der Waals surface area contributed by atoms with Gasteiger partial charge in [-0.3, -0.25) is 24.3 Å². The van der Waals surface area contributed by atoms with Gasteiger partial charge in [-0.15, -0.1) is 0 Å². The van der Waals surface area contributed by atoms with Crippen molar-refractivity contribution in [3.8, 4) is 0 Å². The quantitative estimate of drug-likeness (QED) is 0.195. The lowest BCUT2D eigenvalue weighted by atomic mass is 9.85. The fraction of sp³-hybridized carbons (Fsp3) is 0.500. The van der Waals surface area contributed by atoms with Gasteiger partial charge in [-0.2, -0.15) is 0 Å². The van der Waals surface area contributed by atoms with Gasteiger partial charge < -0.3 is 20.4 Å². The molecule has 4 atom stereocenters. The molecule has 4 unspecified atom stereocenters. The standard InChI is InChI=1S/C20H25N5O4/c1-21-20(23-7-6-22-17(26)14-3-2-10-29-14)24-8-9-25-18(27)15-12-4-5-13(11-12)16(15)19(25)28/h2-5,10,12-13,15-16H,6-9,11H2,1H3,(H,22,26)(H2,21,23,24). The highest BCUT2D eigenvalue weighted by Crippen LogP contribution is 2.52. The van der Waals surface area contributed by atoms with Crippen LogP contribution in [0.4, 0.5) is 0 Å². The fourth-order valence-electron chi connectivity index (χ4n) is 4.54. The van der Waals surface area contributed by atoms with Crippen LogP contribution in [0.1, 0.15) is 17.0 Å². The van der Waals surface area contributed by atoms with Gasteiger partial charge in [-0.25, -0.2) is 0 Å². The normalized spacial score (nSPS) is 27.5. The van der Waals surface area contributed by atoms with Crippen molar-refractivity contribution in [3.63, 3.8) is 0 Å². The first-order valence-electron chi connectivity index (χ1n) is 9.90. The summed E-state index contributed by atoms with van der Waals surface area (Å²) in [6.45, 7) is 1.59. The third kappa shape index (κ3) is 3.64. The Kier molecular flexibility index (Phi) is 5.37. The van der Waals surface area contributed by atoms with Crippen LogP contribution in [0.5, 0.6) is 0 Å². The number of aliphatic imine (C=N–C) groups is 1. The molecule has 0 spiro atoms. The number of carbonyl (C=O) groups excluding carboxylic acids is 3. The van der Waals surface area contributed by atoms with Crippen LogP contribution in [0, 0.1) is 23.7 Å². The number of furan rings is 1. The summed E-state index contributed by atoms with van der Waals surface area (Å²) in [7, 11) is 1.64. The highest BCUT2D eigenvalue weighted by molar-refractivity contribution is 6.06. The second kappa shape index (κ2) is 8.10. The largest absolute Gasteiger partial charge is 0.459 e. The van der Waals surface area contributed by atoms with Crippen molar-refractivity contribution in [1.82, 2.24) is 20.9 Å². The van der Waals surface area contributed by atoms with Gasteiger partial charge in [0.1, 0.15) is 0 Å². The maximum atomic E-state index is 12.7. The van der Waals surface area contributed by atoms with Gasteiger partial charge in [0.2, 0.25) is 11.8 Å². The average Bonchev–Trinajstić information content (AvgIpc) is 3.50.